The van der Waals surface area contributed by atoms with Crippen LogP contribution in [0.15, 0.2) is 98.8 Å². The highest BCUT2D eigenvalue weighted by Gasteiger charge is 2.14. The fraction of sp³-hybridized carbons (Fsp3) is 0. The van der Waals surface area contributed by atoms with Crippen LogP contribution < -0.4 is 5.73 Å². The summed E-state index contributed by atoms with van der Waals surface area (Å²) in [4.78, 5) is 4.43. The van der Waals surface area contributed by atoms with Gasteiger partial charge in [-0.2, -0.15) is 0 Å². The van der Waals surface area contributed by atoms with Gasteiger partial charge in [-0.3, -0.25) is 5.41 Å². The van der Waals surface area contributed by atoms with E-state index in [9.17, 15) is 0 Å². The predicted octanol–water partition coefficient (Wildman–Crippen LogP) is 6.22. The molecule has 2 aromatic heterocycles. The second kappa shape index (κ2) is 6.57. The topological polar surface area (TPSA) is 88.5 Å². The Hall–Kier alpha value is -4.38. The number of para-hydroxylation sites is 2. The molecule has 3 N–H and O–H groups in total. The molecule has 0 atom stereocenters. The van der Waals surface area contributed by atoms with E-state index in [1.165, 1.54) is 0 Å². The van der Waals surface area contributed by atoms with E-state index in [2.05, 4.69) is 4.99 Å². The van der Waals surface area contributed by atoms with Crippen molar-refractivity contribution >= 4 is 55.5 Å². The monoisotopic (exact) mass is 403 g/mol. The van der Waals surface area contributed by atoms with Crippen LogP contribution in [0.5, 0.6) is 0 Å². The summed E-state index contributed by atoms with van der Waals surface area (Å²) in [5, 5.41) is 12.4. The van der Waals surface area contributed by atoms with Gasteiger partial charge in [0.2, 0.25) is 0 Å². The molecule has 5 nitrogen and oxygen atoms in total. The molecule has 31 heavy (non-hydrogen) atoms. The maximum atomic E-state index is 8.56. The molecule has 0 fully saturated rings. The molecule has 0 aliphatic heterocycles. The summed E-state index contributed by atoms with van der Waals surface area (Å²) in [5.41, 5.74) is 11.0. The number of aliphatic imine (C=N–C) groups is 1. The van der Waals surface area contributed by atoms with Crippen molar-refractivity contribution in [1.29, 1.82) is 5.41 Å². The Morgan fingerprint density at radius 1 is 0.677 bits per heavy atom. The number of amidine groups is 2. The summed E-state index contributed by atoms with van der Waals surface area (Å²) in [6.45, 7) is 0. The maximum Gasteiger partial charge on any atom is 0.154 e. The van der Waals surface area contributed by atoms with Crippen LogP contribution in [0, 0.1) is 5.41 Å². The molecular weight excluding hydrogens is 386 g/mol. The lowest BCUT2D eigenvalue weighted by atomic mass is 10.1. The van der Waals surface area contributed by atoms with Crippen molar-refractivity contribution in [2.75, 3.05) is 0 Å². The number of fused-ring (bicyclic) bond motifs is 6. The Kier molecular flexibility index (Phi) is 3.70. The van der Waals surface area contributed by atoms with Gasteiger partial charge in [0.15, 0.2) is 5.84 Å². The van der Waals surface area contributed by atoms with Crippen molar-refractivity contribution in [3.63, 3.8) is 0 Å². The highest BCUT2D eigenvalue weighted by molar-refractivity contribution is 6.20. The standard InChI is InChI=1S/C26H17N3O2/c27-25(15-12-13-22-19(14-15)16-6-1-3-9-20(16)30-22)29-26(28)18-8-5-11-23-24(18)17-7-2-4-10-21(17)31-23/h1-14H,(H3,27,28,29). The molecule has 0 unspecified atom stereocenters. The van der Waals surface area contributed by atoms with Crippen LogP contribution in [0.4, 0.5) is 0 Å². The van der Waals surface area contributed by atoms with Gasteiger partial charge in [-0.25, -0.2) is 4.99 Å². The molecular formula is C26H17N3O2. The molecule has 0 radical (unpaired) electrons. The largest absolute Gasteiger partial charge is 0.456 e. The van der Waals surface area contributed by atoms with E-state index < -0.39 is 0 Å². The minimum Gasteiger partial charge on any atom is -0.456 e. The van der Waals surface area contributed by atoms with Crippen molar-refractivity contribution in [1.82, 2.24) is 0 Å². The molecule has 0 amide bonds. The number of hydrogen-bond donors (Lipinski definition) is 2. The molecule has 0 saturated heterocycles. The summed E-state index contributed by atoms with van der Waals surface area (Å²) < 4.78 is 11.8. The molecule has 4 aromatic carbocycles. The summed E-state index contributed by atoms with van der Waals surface area (Å²) in [7, 11) is 0. The summed E-state index contributed by atoms with van der Waals surface area (Å²) >= 11 is 0. The second-order valence-electron chi connectivity index (χ2n) is 7.43. The third-order valence-electron chi connectivity index (χ3n) is 5.56. The lowest BCUT2D eigenvalue weighted by molar-refractivity contribution is 0.668. The molecule has 0 bridgehead atoms. The Morgan fingerprint density at radius 2 is 1.32 bits per heavy atom. The van der Waals surface area contributed by atoms with Gasteiger partial charge >= 0.3 is 0 Å². The number of nitrogens with zero attached hydrogens (tertiary/aromatic N) is 1. The molecule has 2 heterocycles. The Morgan fingerprint density at radius 3 is 2.16 bits per heavy atom. The van der Waals surface area contributed by atoms with Gasteiger partial charge in [-0.05, 0) is 36.4 Å². The minimum absolute atomic E-state index is 0.0921. The fourth-order valence-corrected chi connectivity index (χ4v) is 4.11. The van der Waals surface area contributed by atoms with Crippen LogP contribution in [0.25, 0.3) is 43.9 Å². The molecule has 0 saturated carbocycles. The van der Waals surface area contributed by atoms with Gasteiger partial charge in [0.05, 0.1) is 0 Å². The van der Waals surface area contributed by atoms with E-state index in [-0.39, 0.29) is 11.7 Å². The number of hydrogen-bond acceptors (Lipinski definition) is 3. The van der Waals surface area contributed by atoms with Crippen LogP contribution >= 0.6 is 0 Å². The third kappa shape index (κ3) is 2.71. The zero-order valence-corrected chi connectivity index (χ0v) is 16.4. The average Bonchev–Trinajstić information content (AvgIpc) is 3.36. The number of rotatable bonds is 2. The average molecular weight is 403 g/mol. The molecule has 5 heteroatoms. The van der Waals surface area contributed by atoms with Gasteiger partial charge in [-0.1, -0.05) is 48.5 Å². The number of nitrogens with two attached hydrogens (primary N) is 1. The summed E-state index contributed by atoms with van der Waals surface area (Å²) in [6, 6.07) is 27.0. The van der Waals surface area contributed by atoms with E-state index in [1.807, 2.05) is 84.9 Å². The highest BCUT2D eigenvalue weighted by atomic mass is 16.3. The van der Waals surface area contributed by atoms with Crippen molar-refractivity contribution in [3.8, 4) is 0 Å². The van der Waals surface area contributed by atoms with Crippen LogP contribution in [-0.4, -0.2) is 11.7 Å². The summed E-state index contributed by atoms with van der Waals surface area (Å²) in [5.74, 6) is 0.369. The van der Waals surface area contributed by atoms with Crippen molar-refractivity contribution in [2.45, 2.75) is 0 Å². The van der Waals surface area contributed by atoms with E-state index in [0.29, 0.717) is 5.56 Å². The van der Waals surface area contributed by atoms with Crippen molar-refractivity contribution in [3.05, 3.63) is 96.1 Å². The first-order chi connectivity index (χ1) is 15.2. The number of furan rings is 2. The number of nitrogens with one attached hydrogen (secondary N) is 1. The normalized spacial score (nSPS) is 12.3. The first-order valence-electron chi connectivity index (χ1n) is 9.94. The van der Waals surface area contributed by atoms with Crippen molar-refractivity contribution in [2.24, 2.45) is 10.7 Å². The maximum absolute atomic E-state index is 8.56. The van der Waals surface area contributed by atoms with Crippen LogP contribution in [0.3, 0.4) is 0 Å². The van der Waals surface area contributed by atoms with E-state index >= 15 is 0 Å². The van der Waals surface area contributed by atoms with E-state index in [1.54, 1.807) is 0 Å². The predicted molar refractivity (Wildman–Crippen MR) is 125 cm³/mol. The highest BCUT2D eigenvalue weighted by Crippen LogP contribution is 2.32. The first kappa shape index (κ1) is 17.5. The molecule has 0 spiro atoms. The number of benzene rings is 4. The van der Waals surface area contributed by atoms with Gasteiger partial charge in [0.1, 0.15) is 28.2 Å². The second-order valence-corrected chi connectivity index (χ2v) is 7.43. The fourth-order valence-electron chi connectivity index (χ4n) is 4.11. The van der Waals surface area contributed by atoms with E-state index in [0.717, 1.165) is 49.4 Å². The Bertz CT molecular complexity index is 1670. The molecule has 6 rings (SSSR count). The molecule has 0 aliphatic carbocycles. The first-order valence-corrected chi connectivity index (χ1v) is 9.94. The minimum atomic E-state index is 0.0921. The molecule has 6 aromatic rings. The Labute approximate surface area is 176 Å². The Balaban J connectivity index is 1.46. The quantitative estimate of drug-likeness (QED) is 0.266. The molecule has 0 aliphatic rings. The van der Waals surface area contributed by atoms with Gasteiger partial charge in [0, 0.05) is 32.7 Å². The van der Waals surface area contributed by atoms with E-state index in [4.69, 9.17) is 20.0 Å². The zero-order valence-electron chi connectivity index (χ0n) is 16.4. The van der Waals surface area contributed by atoms with Crippen molar-refractivity contribution < 1.29 is 8.83 Å². The lowest BCUT2D eigenvalue weighted by Gasteiger charge is -2.05. The SMILES string of the molecule is N=C(N=C(N)c1cccc2oc3ccccc3c12)c1ccc2oc3ccccc3c2c1. The van der Waals surface area contributed by atoms with Crippen LogP contribution in [0.2, 0.25) is 0 Å². The smallest absolute Gasteiger partial charge is 0.154 e. The lowest BCUT2D eigenvalue weighted by Crippen LogP contribution is -2.16. The summed E-state index contributed by atoms with van der Waals surface area (Å²) in [6.07, 6.45) is 0. The van der Waals surface area contributed by atoms with Crippen LogP contribution in [-0.2, 0) is 0 Å². The molecule has 148 valence electrons. The zero-order chi connectivity index (χ0) is 20.9. The van der Waals surface area contributed by atoms with Gasteiger partial charge in [0.25, 0.3) is 0 Å². The van der Waals surface area contributed by atoms with Gasteiger partial charge in [-0.15, -0.1) is 0 Å². The third-order valence-corrected chi connectivity index (χ3v) is 5.56. The van der Waals surface area contributed by atoms with Gasteiger partial charge < -0.3 is 14.6 Å². The van der Waals surface area contributed by atoms with Crippen LogP contribution in [0.1, 0.15) is 11.1 Å².